The summed E-state index contributed by atoms with van der Waals surface area (Å²) in [5, 5.41) is 12.6. The fourth-order valence-corrected chi connectivity index (χ4v) is 2.93. The second-order valence-corrected chi connectivity index (χ2v) is 6.53. The SMILES string of the molecule is COc1cc(OC)c(/C=C(\C#N)C(=O)Nc2cccc(Cl)c2C)cc1Br. The molecule has 0 spiro atoms. The van der Waals surface area contributed by atoms with Gasteiger partial charge in [0.2, 0.25) is 0 Å². The van der Waals surface area contributed by atoms with Crippen molar-refractivity contribution in [1.29, 1.82) is 5.26 Å². The summed E-state index contributed by atoms with van der Waals surface area (Å²) in [5.41, 5.74) is 1.77. The molecule has 0 aliphatic carbocycles. The Kier molecular flexibility index (Phi) is 6.67. The zero-order valence-corrected chi connectivity index (χ0v) is 16.7. The van der Waals surface area contributed by atoms with Crippen LogP contribution in [0.5, 0.6) is 11.5 Å². The minimum absolute atomic E-state index is 0.0697. The summed E-state index contributed by atoms with van der Waals surface area (Å²) >= 11 is 9.44. The van der Waals surface area contributed by atoms with Gasteiger partial charge in [0.1, 0.15) is 23.1 Å². The van der Waals surface area contributed by atoms with Gasteiger partial charge >= 0.3 is 0 Å². The number of benzene rings is 2. The number of nitrogens with one attached hydrogen (secondary N) is 1. The second kappa shape index (κ2) is 8.75. The van der Waals surface area contributed by atoms with Gasteiger partial charge in [-0.15, -0.1) is 0 Å². The van der Waals surface area contributed by atoms with Crippen LogP contribution in [0.3, 0.4) is 0 Å². The fourth-order valence-electron chi connectivity index (χ4n) is 2.23. The number of ether oxygens (including phenoxy) is 2. The molecule has 0 aliphatic heterocycles. The molecule has 0 heterocycles. The molecule has 0 saturated carbocycles. The second-order valence-electron chi connectivity index (χ2n) is 5.27. The highest BCUT2D eigenvalue weighted by atomic mass is 79.9. The zero-order chi connectivity index (χ0) is 19.3. The fraction of sp³-hybridized carbons (Fsp3) is 0.158. The summed E-state index contributed by atoms with van der Waals surface area (Å²) in [4.78, 5) is 12.5. The number of anilines is 1. The molecular weight excluding hydrogens is 420 g/mol. The Balaban J connectivity index is 2.39. The van der Waals surface area contributed by atoms with Gasteiger partial charge in [0.15, 0.2) is 0 Å². The van der Waals surface area contributed by atoms with E-state index in [1.165, 1.54) is 20.3 Å². The van der Waals surface area contributed by atoms with Crippen molar-refractivity contribution in [2.24, 2.45) is 0 Å². The topological polar surface area (TPSA) is 71.3 Å². The lowest BCUT2D eigenvalue weighted by molar-refractivity contribution is -0.112. The first-order valence-electron chi connectivity index (χ1n) is 7.51. The first kappa shape index (κ1) is 19.8. The Morgan fingerprint density at radius 3 is 2.58 bits per heavy atom. The van der Waals surface area contributed by atoms with E-state index in [9.17, 15) is 10.1 Å². The number of hydrogen-bond donors (Lipinski definition) is 1. The number of halogens is 2. The van der Waals surface area contributed by atoms with Crippen LogP contribution in [-0.4, -0.2) is 20.1 Å². The molecule has 1 amide bonds. The molecule has 26 heavy (non-hydrogen) atoms. The first-order valence-corrected chi connectivity index (χ1v) is 8.68. The first-order chi connectivity index (χ1) is 12.4. The van der Waals surface area contributed by atoms with Crippen molar-refractivity contribution in [1.82, 2.24) is 0 Å². The normalized spacial score (nSPS) is 10.8. The smallest absolute Gasteiger partial charge is 0.266 e. The van der Waals surface area contributed by atoms with Gasteiger partial charge in [0.25, 0.3) is 5.91 Å². The average molecular weight is 436 g/mol. The maximum absolute atomic E-state index is 12.5. The zero-order valence-electron chi connectivity index (χ0n) is 14.4. The van der Waals surface area contributed by atoms with E-state index in [4.69, 9.17) is 21.1 Å². The maximum atomic E-state index is 12.5. The quantitative estimate of drug-likeness (QED) is 0.531. The van der Waals surface area contributed by atoms with Crippen LogP contribution >= 0.6 is 27.5 Å². The lowest BCUT2D eigenvalue weighted by Gasteiger charge is -2.11. The van der Waals surface area contributed by atoms with Gasteiger partial charge < -0.3 is 14.8 Å². The molecule has 2 aromatic carbocycles. The van der Waals surface area contributed by atoms with Crippen LogP contribution in [0.2, 0.25) is 5.02 Å². The van der Waals surface area contributed by atoms with Crippen molar-refractivity contribution < 1.29 is 14.3 Å². The lowest BCUT2D eigenvalue weighted by atomic mass is 10.1. The number of rotatable bonds is 5. The Morgan fingerprint density at radius 2 is 1.96 bits per heavy atom. The summed E-state index contributed by atoms with van der Waals surface area (Å²) in [6, 6.07) is 10.5. The van der Waals surface area contributed by atoms with Crippen LogP contribution in [0.25, 0.3) is 6.08 Å². The number of hydrogen-bond acceptors (Lipinski definition) is 4. The highest BCUT2D eigenvalue weighted by Gasteiger charge is 2.14. The van der Waals surface area contributed by atoms with Gasteiger partial charge in [0.05, 0.1) is 18.7 Å². The molecule has 0 atom stereocenters. The molecule has 2 rings (SSSR count). The van der Waals surface area contributed by atoms with Gasteiger partial charge in [0, 0.05) is 22.3 Å². The van der Waals surface area contributed by atoms with E-state index in [2.05, 4.69) is 21.2 Å². The Morgan fingerprint density at radius 1 is 1.27 bits per heavy atom. The predicted molar refractivity (Wildman–Crippen MR) is 106 cm³/mol. The van der Waals surface area contributed by atoms with Crippen LogP contribution in [-0.2, 0) is 4.79 Å². The highest BCUT2D eigenvalue weighted by molar-refractivity contribution is 9.10. The Bertz CT molecular complexity index is 920. The van der Waals surface area contributed by atoms with Crippen molar-refractivity contribution in [2.75, 3.05) is 19.5 Å². The minimum atomic E-state index is -0.535. The summed E-state index contributed by atoms with van der Waals surface area (Å²) in [7, 11) is 3.04. The predicted octanol–water partition coefficient (Wildman–Crippen LogP) is 4.97. The van der Waals surface area contributed by atoms with Crippen LogP contribution < -0.4 is 14.8 Å². The average Bonchev–Trinajstić information content (AvgIpc) is 2.63. The van der Waals surface area contributed by atoms with Crippen LogP contribution in [0.1, 0.15) is 11.1 Å². The summed E-state index contributed by atoms with van der Waals surface area (Å²) in [5.74, 6) is 0.521. The highest BCUT2D eigenvalue weighted by Crippen LogP contribution is 2.34. The van der Waals surface area contributed by atoms with Gasteiger partial charge in [-0.2, -0.15) is 5.26 Å². The molecule has 0 aliphatic rings. The summed E-state index contributed by atoms with van der Waals surface area (Å²) in [6.07, 6.45) is 1.46. The third-order valence-electron chi connectivity index (χ3n) is 3.68. The molecule has 0 saturated heterocycles. The standard InChI is InChI=1S/C19H16BrClN2O3/c1-11-15(21)5-4-6-16(11)23-19(24)13(10-22)7-12-8-14(20)18(26-3)9-17(12)25-2/h4-9H,1-3H3,(H,23,24)/b13-7+. The number of methoxy groups -OCH3 is 2. The van der Waals surface area contributed by atoms with Crippen molar-refractivity contribution in [3.8, 4) is 17.6 Å². The van der Waals surface area contributed by atoms with Crippen molar-refractivity contribution in [3.05, 3.63) is 56.5 Å². The lowest BCUT2D eigenvalue weighted by Crippen LogP contribution is -2.14. The van der Waals surface area contributed by atoms with E-state index in [0.29, 0.717) is 32.2 Å². The molecule has 0 aromatic heterocycles. The molecule has 0 radical (unpaired) electrons. The van der Waals surface area contributed by atoms with Crippen molar-refractivity contribution in [2.45, 2.75) is 6.92 Å². The third-order valence-corrected chi connectivity index (χ3v) is 4.71. The number of nitriles is 1. The van der Waals surface area contributed by atoms with Gasteiger partial charge in [-0.05, 0) is 52.7 Å². The van der Waals surface area contributed by atoms with Gasteiger partial charge in [-0.1, -0.05) is 17.7 Å². The van der Waals surface area contributed by atoms with Gasteiger partial charge in [-0.25, -0.2) is 0 Å². The van der Waals surface area contributed by atoms with E-state index >= 15 is 0 Å². The van der Waals surface area contributed by atoms with Crippen molar-refractivity contribution in [3.63, 3.8) is 0 Å². The number of carbonyl (C=O) groups is 1. The van der Waals surface area contributed by atoms with Crippen LogP contribution in [0, 0.1) is 18.3 Å². The number of amides is 1. The molecule has 7 heteroatoms. The molecular formula is C19H16BrClN2O3. The van der Waals surface area contributed by atoms with E-state index in [0.717, 1.165) is 5.56 Å². The molecule has 5 nitrogen and oxygen atoms in total. The van der Waals surface area contributed by atoms with Crippen molar-refractivity contribution >= 4 is 45.2 Å². The Hall–Kier alpha value is -2.49. The van der Waals surface area contributed by atoms with E-state index in [1.807, 2.05) is 6.07 Å². The van der Waals surface area contributed by atoms with Crippen LogP contribution in [0.15, 0.2) is 40.4 Å². The van der Waals surface area contributed by atoms with Crippen LogP contribution in [0.4, 0.5) is 5.69 Å². The molecule has 0 bridgehead atoms. The molecule has 134 valence electrons. The largest absolute Gasteiger partial charge is 0.496 e. The Labute approximate surface area is 165 Å². The summed E-state index contributed by atoms with van der Waals surface area (Å²) < 4.78 is 11.2. The van der Waals surface area contributed by atoms with E-state index in [1.54, 1.807) is 37.3 Å². The van der Waals surface area contributed by atoms with E-state index in [-0.39, 0.29) is 5.57 Å². The number of nitrogens with zero attached hydrogens (tertiary/aromatic N) is 1. The molecule has 1 N–H and O–H groups in total. The molecule has 0 unspecified atom stereocenters. The monoisotopic (exact) mass is 434 g/mol. The minimum Gasteiger partial charge on any atom is -0.496 e. The molecule has 0 fully saturated rings. The maximum Gasteiger partial charge on any atom is 0.266 e. The van der Waals surface area contributed by atoms with Gasteiger partial charge in [-0.3, -0.25) is 4.79 Å². The summed E-state index contributed by atoms with van der Waals surface area (Å²) in [6.45, 7) is 1.79. The third kappa shape index (κ3) is 4.37. The number of carbonyl (C=O) groups excluding carboxylic acids is 1. The van der Waals surface area contributed by atoms with E-state index < -0.39 is 5.91 Å². The molecule has 2 aromatic rings.